The van der Waals surface area contributed by atoms with Crippen molar-refractivity contribution in [1.82, 2.24) is 0 Å². The molecule has 0 aliphatic heterocycles. The molecule has 0 fully saturated rings. The molecule has 0 spiro atoms. The number of halogens is 3. The zero-order chi connectivity index (χ0) is 8.20. The van der Waals surface area contributed by atoms with Crippen LogP contribution in [0, 0.1) is 0 Å². The number of hydrogen-bond acceptors (Lipinski definition) is 2. The predicted octanol–water partition coefficient (Wildman–Crippen LogP) is 0.867. The summed E-state index contributed by atoms with van der Waals surface area (Å²) in [5.74, 6) is -4.26. The van der Waals surface area contributed by atoms with Crippen LogP contribution in [0.2, 0.25) is 0 Å². The Labute approximate surface area is 69.0 Å². The number of aliphatic carboxylic acids is 1. The standard InChI is InChI=1S/C5H9F2NO2.ClH/c6-5(7,3-8)2-1-4(9)10;/h1-3,8H2,(H,9,10);1H. The molecule has 0 aliphatic carbocycles. The summed E-state index contributed by atoms with van der Waals surface area (Å²) in [6, 6.07) is 0. The van der Waals surface area contributed by atoms with Gasteiger partial charge in [-0.1, -0.05) is 0 Å². The Balaban J connectivity index is 0. The monoisotopic (exact) mass is 189 g/mol. The van der Waals surface area contributed by atoms with Crippen LogP contribution in [0.25, 0.3) is 0 Å². The maximum Gasteiger partial charge on any atom is 0.303 e. The van der Waals surface area contributed by atoms with Crippen molar-refractivity contribution in [3.63, 3.8) is 0 Å². The minimum Gasteiger partial charge on any atom is -0.481 e. The van der Waals surface area contributed by atoms with Crippen molar-refractivity contribution >= 4 is 18.4 Å². The fourth-order valence-corrected chi connectivity index (χ4v) is 0.392. The molecule has 0 aromatic rings. The highest BCUT2D eigenvalue weighted by atomic mass is 35.5. The van der Waals surface area contributed by atoms with Gasteiger partial charge in [0, 0.05) is 6.42 Å². The predicted molar refractivity (Wildman–Crippen MR) is 38.1 cm³/mol. The summed E-state index contributed by atoms with van der Waals surface area (Å²) in [6.07, 6.45) is -1.22. The summed E-state index contributed by atoms with van der Waals surface area (Å²) in [5.41, 5.74) is 4.65. The smallest absolute Gasteiger partial charge is 0.303 e. The zero-order valence-corrected chi connectivity index (χ0v) is 6.53. The Morgan fingerprint density at radius 2 is 2.00 bits per heavy atom. The molecule has 0 unspecified atom stereocenters. The summed E-state index contributed by atoms with van der Waals surface area (Å²) in [5, 5.41) is 8.00. The molecular formula is C5H10ClF2NO2. The quantitative estimate of drug-likeness (QED) is 0.690. The minimum atomic E-state index is -3.03. The fraction of sp³-hybridized carbons (Fsp3) is 0.800. The second-order valence-electron chi connectivity index (χ2n) is 1.95. The lowest BCUT2D eigenvalue weighted by Crippen LogP contribution is -2.28. The van der Waals surface area contributed by atoms with Gasteiger partial charge in [0.2, 0.25) is 0 Å². The van der Waals surface area contributed by atoms with Gasteiger partial charge >= 0.3 is 5.97 Å². The molecule has 0 rings (SSSR count). The molecule has 3 nitrogen and oxygen atoms in total. The highest BCUT2D eigenvalue weighted by Crippen LogP contribution is 2.17. The number of alkyl halides is 2. The molecule has 11 heavy (non-hydrogen) atoms. The van der Waals surface area contributed by atoms with Crippen LogP contribution in [0.15, 0.2) is 0 Å². The van der Waals surface area contributed by atoms with Crippen LogP contribution in [0.1, 0.15) is 12.8 Å². The Morgan fingerprint density at radius 1 is 1.55 bits per heavy atom. The molecule has 0 radical (unpaired) electrons. The first-order chi connectivity index (χ1) is 4.48. The largest absolute Gasteiger partial charge is 0.481 e. The van der Waals surface area contributed by atoms with E-state index in [4.69, 9.17) is 5.11 Å². The van der Waals surface area contributed by atoms with E-state index in [0.717, 1.165) is 0 Å². The van der Waals surface area contributed by atoms with Crippen molar-refractivity contribution in [1.29, 1.82) is 0 Å². The van der Waals surface area contributed by atoms with Crippen LogP contribution < -0.4 is 5.73 Å². The zero-order valence-electron chi connectivity index (χ0n) is 5.72. The Kier molecular flexibility index (Phi) is 6.31. The Hall–Kier alpha value is -0.420. The minimum absolute atomic E-state index is 0. The van der Waals surface area contributed by atoms with Crippen LogP contribution in [0.3, 0.4) is 0 Å². The van der Waals surface area contributed by atoms with E-state index in [1.165, 1.54) is 0 Å². The van der Waals surface area contributed by atoms with Crippen LogP contribution in [0.4, 0.5) is 8.78 Å². The topological polar surface area (TPSA) is 63.3 Å². The first kappa shape index (κ1) is 13.2. The van der Waals surface area contributed by atoms with E-state index in [0.29, 0.717) is 0 Å². The third-order valence-electron chi connectivity index (χ3n) is 1.00. The van der Waals surface area contributed by atoms with Gasteiger partial charge in [0.15, 0.2) is 0 Å². The van der Waals surface area contributed by atoms with Gasteiger partial charge in [-0.3, -0.25) is 4.79 Å². The SMILES string of the molecule is Cl.NCC(F)(F)CCC(=O)O. The maximum atomic E-state index is 12.1. The van der Waals surface area contributed by atoms with Gasteiger partial charge in [0.1, 0.15) is 0 Å². The van der Waals surface area contributed by atoms with Crippen LogP contribution >= 0.6 is 12.4 Å². The van der Waals surface area contributed by atoms with Crippen molar-refractivity contribution in [2.75, 3.05) is 6.54 Å². The highest BCUT2D eigenvalue weighted by Gasteiger charge is 2.26. The van der Waals surface area contributed by atoms with E-state index in [1.807, 2.05) is 0 Å². The van der Waals surface area contributed by atoms with E-state index < -0.39 is 31.3 Å². The van der Waals surface area contributed by atoms with E-state index >= 15 is 0 Å². The maximum absolute atomic E-state index is 12.1. The van der Waals surface area contributed by atoms with Crippen molar-refractivity contribution in [3.05, 3.63) is 0 Å². The summed E-state index contributed by atoms with van der Waals surface area (Å²) in [6.45, 7) is -0.791. The second-order valence-corrected chi connectivity index (χ2v) is 1.95. The molecule has 0 atom stereocenters. The number of nitrogens with two attached hydrogens (primary N) is 1. The number of carboxylic acid groups (broad SMARTS) is 1. The average molecular weight is 190 g/mol. The van der Waals surface area contributed by atoms with Crippen molar-refractivity contribution in [3.8, 4) is 0 Å². The Morgan fingerprint density at radius 3 is 2.27 bits per heavy atom. The van der Waals surface area contributed by atoms with Crippen molar-refractivity contribution in [2.24, 2.45) is 5.73 Å². The van der Waals surface area contributed by atoms with Gasteiger partial charge in [-0.2, -0.15) is 0 Å². The third-order valence-corrected chi connectivity index (χ3v) is 1.00. The molecule has 0 saturated carbocycles. The van der Waals surface area contributed by atoms with Crippen LogP contribution in [0.5, 0.6) is 0 Å². The lowest BCUT2D eigenvalue weighted by molar-refractivity contribution is -0.139. The molecule has 3 N–H and O–H groups in total. The number of carboxylic acids is 1. The van der Waals surface area contributed by atoms with Gasteiger partial charge in [-0.15, -0.1) is 12.4 Å². The molecule has 0 aromatic heterocycles. The summed E-state index contributed by atoms with van der Waals surface area (Å²) in [4.78, 5) is 9.79. The van der Waals surface area contributed by atoms with Crippen molar-refractivity contribution in [2.45, 2.75) is 18.8 Å². The van der Waals surface area contributed by atoms with Gasteiger partial charge in [-0.05, 0) is 0 Å². The highest BCUT2D eigenvalue weighted by molar-refractivity contribution is 5.85. The van der Waals surface area contributed by atoms with Gasteiger partial charge < -0.3 is 10.8 Å². The molecule has 0 amide bonds. The van der Waals surface area contributed by atoms with Gasteiger partial charge in [0.05, 0.1) is 13.0 Å². The third kappa shape index (κ3) is 7.48. The number of hydrogen-bond donors (Lipinski definition) is 2. The summed E-state index contributed by atoms with van der Waals surface area (Å²) in [7, 11) is 0. The molecule has 0 heterocycles. The lowest BCUT2D eigenvalue weighted by Gasteiger charge is -2.10. The molecule has 0 aromatic carbocycles. The molecule has 68 valence electrons. The molecular weight excluding hydrogens is 180 g/mol. The lowest BCUT2D eigenvalue weighted by atomic mass is 10.2. The van der Waals surface area contributed by atoms with Crippen LogP contribution in [-0.2, 0) is 4.79 Å². The molecule has 0 aliphatic rings. The molecule has 0 bridgehead atoms. The van der Waals surface area contributed by atoms with Crippen LogP contribution in [-0.4, -0.2) is 23.5 Å². The first-order valence-corrected chi connectivity index (χ1v) is 2.77. The Bertz CT molecular complexity index is 132. The van der Waals surface area contributed by atoms with E-state index in [9.17, 15) is 13.6 Å². The van der Waals surface area contributed by atoms with Crippen molar-refractivity contribution < 1.29 is 18.7 Å². The first-order valence-electron chi connectivity index (χ1n) is 2.77. The molecule has 0 saturated heterocycles. The van der Waals surface area contributed by atoms with E-state index in [1.54, 1.807) is 0 Å². The van der Waals surface area contributed by atoms with E-state index in [2.05, 4.69) is 5.73 Å². The molecule has 6 heteroatoms. The fourth-order valence-electron chi connectivity index (χ4n) is 0.392. The second kappa shape index (κ2) is 5.26. The van der Waals surface area contributed by atoms with Gasteiger partial charge in [-0.25, -0.2) is 8.78 Å². The summed E-state index contributed by atoms with van der Waals surface area (Å²) >= 11 is 0. The normalized spacial score (nSPS) is 10.5. The number of carbonyl (C=O) groups is 1. The van der Waals surface area contributed by atoms with Gasteiger partial charge in [0.25, 0.3) is 5.92 Å². The number of rotatable bonds is 4. The summed E-state index contributed by atoms with van der Waals surface area (Å²) < 4.78 is 24.2. The van der Waals surface area contributed by atoms with E-state index in [-0.39, 0.29) is 12.4 Å². The average Bonchev–Trinajstić information content (AvgIpc) is 1.85.